The van der Waals surface area contributed by atoms with Gasteiger partial charge < -0.3 is 9.15 Å². The van der Waals surface area contributed by atoms with Gasteiger partial charge >= 0.3 is 5.97 Å². The first-order valence-corrected chi connectivity index (χ1v) is 7.90. The van der Waals surface area contributed by atoms with Gasteiger partial charge in [-0.25, -0.2) is 4.79 Å². The molecule has 1 saturated heterocycles. The maximum absolute atomic E-state index is 11.9. The highest BCUT2D eigenvalue weighted by Crippen LogP contribution is 2.16. The fourth-order valence-electron chi connectivity index (χ4n) is 2.78. The van der Waals surface area contributed by atoms with Crippen LogP contribution >= 0.6 is 0 Å². The topological polar surface area (TPSA) is 42.7 Å². The van der Waals surface area contributed by atoms with Crippen molar-refractivity contribution < 1.29 is 13.9 Å². The molecule has 0 bridgehead atoms. The quantitative estimate of drug-likeness (QED) is 0.627. The molecule has 0 spiro atoms. The van der Waals surface area contributed by atoms with Gasteiger partial charge in [-0.05, 0) is 37.1 Å². The number of carbonyl (C=O) groups excluding carboxylic acids is 1. The third kappa shape index (κ3) is 4.57. The zero-order chi connectivity index (χ0) is 16.1. The molecule has 1 aliphatic heterocycles. The third-order valence-electron chi connectivity index (χ3n) is 3.91. The number of nitrogens with zero attached hydrogens (tertiary/aromatic N) is 1. The normalized spacial score (nSPS) is 18.6. The van der Waals surface area contributed by atoms with E-state index >= 15 is 0 Å². The number of aryl methyl sites for hydroxylation is 1. The summed E-state index contributed by atoms with van der Waals surface area (Å²) in [7, 11) is 0. The fourth-order valence-corrected chi connectivity index (χ4v) is 2.78. The lowest BCUT2D eigenvalue weighted by molar-refractivity contribution is -0.142. The molecule has 2 aromatic rings. The van der Waals surface area contributed by atoms with E-state index in [0.717, 1.165) is 31.8 Å². The number of ether oxygens (including phenoxy) is 1. The monoisotopic (exact) mass is 311 g/mol. The lowest BCUT2D eigenvalue weighted by atomic mass is 10.2. The molecule has 0 amide bonds. The predicted octanol–water partition coefficient (Wildman–Crippen LogP) is 3.42. The summed E-state index contributed by atoms with van der Waals surface area (Å²) in [6.07, 6.45) is 3.92. The summed E-state index contributed by atoms with van der Waals surface area (Å²) < 4.78 is 10.9. The van der Waals surface area contributed by atoms with E-state index in [1.54, 1.807) is 6.08 Å². The molecule has 0 unspecified atom stereocenters. The number of furan rings is 1. The summed E-state index contributed by atoms with van der Waals surface area (Å²) in [5.74, 6) is 1.17. The van der Waals surface area contributed by atoms with E-state index < -0.39 is 0 Å². The van der Waals surface area contributed by atoms with Crippen LogP contribution in [-0.4, -0.2) is 30.1 Å². The Morgan fingerprint density at radius 1 is 1.30 bits per heavy atom. The van der Waals surface area contributed by atoms with Gasteiger partial charge in [0.25, 0.3) is 0 Å². The molecule has 0 radical (unpaired) electrons. The maximum atomic E-state index is 11.9. The first-order valence-electron chi connectivity index (χ1n) is 7.90. The van der Waals surface area contributed by atoms with E-state index in [-0.39, 0.29) is 12.1 Å². The van der Waals surface area contributed by atoms with Crippen molar-refractivity contribution in [3.05, 3.63) is 65.6 Å². The van der Waals surface area contributed by atoms with Crippen LogP contribution in [0.25, 0.3) is 6.08 Å². The molecule has 120 valence electrons. The fraction of sp³-hybridized carbons (Fsp3) is 0.316. The van der Waals surface area contributed by atoms with Crippen LogP contribution in [0.2, 0.25) is 0 Å². The summed E-state index contributed by atoms with van der Waals surface area (Å²) in [4.78, 5) is 14.2. The molecular weight excluding hydrogens is 290 g/mol. The van der Waals surface area contributed by atoms with E-state index in [2.05, 4.69) is 17.0 Å². The van der Waals surface area contributed by atoms with Crippen LogP contribution in [0.15, 0.2) is 53.0 Å². The Labute approximate surface area is 136 Å². The summed E-state index contributed by atoms with van der Waals surface area (Å²) in [5.41, 5.74) is 1.28. The summed E-state index contributed by atoms with van der Waals surface area (Å²) in [6, 6.07) is 14.0. The van der Waals surface area contributed by atoms with Crippen molar-refractivity contribution in [2.75, 3.05) is 13.1 Å². The van der Waals surface area contributed by atoms with E-state index in [1.165, 1.54) is 11.6 Å². The Balaban J connectivity index is 1.46. The average Bonchev–Trinajstić information content (AvgIpc) is 3.15. The molecule has 1 atom stereocenters. The first kappa shape index (κ1) is 15.6. The van der Waals surface area contributed by atoms with Crippen molar-refractivity contribution in [2.24, 2.45) is 0 Å². The Kier molecular flexibility index (Phi) is 4.93. The molecule has 1 aromatic heterocycles. The highest BCUT2D eigenvalue weighted by atomic mass is 16.5. The van der Waals surface area contributed by atoms with E-state index in [9.17, 15) is 4.79 Å². The van der Waals surface area contributed by atoms with Gasteiger partial charge in [0.1, 0.15) is 17.6 Å². The number of hydrogen-bond donors (Lipinski definition) is 0. The molecule has 0 saturated carbocycles. The summed E-state index contributed by atoms with van der Waals surface area (Å²) in [5, 5.41) is 0. The van der Waals surface area contributed by atoms with Gasteiger partial charge in [-0.2, -0.15) is 0 Å². The highest BCUT2D eigenvalue weighted by Gasteiger charge is 2.24. The van der Waals surface area contributed by atoms with Crippen LogP contribution in [-0.2, 0) is 16.1 Å². The zero-order valence-corrected chi connectivity index (χ0v) is 13.3. The minimum absolute atomic E-state index is 0.0331. The van der Waals surface area contributed by atoms with E-state index in [1.807, 2.05) is 37.3 Å². The molecule has 4 nitrogen and oxygen atoms in total. The second-order valence-electron chi connectivity index (χ2n) is 5.85. The van der Waals surface area contributed by atoms with Crippen LogP contribution in [0.1, 0.15) is 23.5 Å². The Bertz CT molecular complexity index is 675. The van der Waals surface area contributed by atoms with Gasteiger partial charge in [-0.3, -0.25) is 4.90 Å². The van der Waals surface area contributed by atoms with Crippen LogP contribution in [0, 0.1) is 6.92 Å². The summed E-state index contributed by atoms with van der Waals surface area (Å²) >= 11 is 0. The zero-order valence-electron chi connectivity index (χ0n) is 13.3. The van der Waals surface area contributed by atoms with Gasteiger partial charge in [-0.15, -0.1) is 0 Å². The van der Waals surface area contributed by atoms with Crippen molar-refractivity contribution in [2.45, 2.75) is 26.0 Å². The standard InChI is InChI=1S/C19H21NO3/c1-15-7-8-17(22-15)9-10-19(21)23-18-11-12-20(14-18)13-16-5-3-2-4-6-16/h2-10,18H,11-14H2,1H3/b10-9+/t18-/m1/s1. The molecule has 23 heavy (non-hydrogen) atoms. The number of hydrogen-bond acceptors (Lipinski definition) is 4. The lowest BCUT2D eigenvalue weighted by Gasteiger charge is -2.15. The molecule has 0 N–H and O–H groups in total. The van der Waals surface area contributed by atoms with Crippen molar-refractivity contribution in [3.63, 3.8) is 0 Å². The van der Waals surface area contributed by atoms with Gasteiger partial charge in [-0.1, -0.05) is 30.3 Å². The molecule has 4 heteroatoms. The number of likely N-dealkylation sites (tertiary alicyclic amines) is 1. The molecule has 1 aliphatic rings. The van der Waals surface area contributed by atoms with Crippen LogP contribution < -0.4 is 0 Å². The first-order chi connectivity index (χ1) is 11.2. The SMILES string of the molecule is Cc1ccc(/C=C/C(=O)O[C@@H]2CCN(Cc3ccccc3)C2)o1. The molecule has 1 fully saturated rings. The third-order valence-corrected chi connectivity index (χ3v) is 3.91. The van der Waals surface area contributed by atoms with Crippen LogP contribution in [0.4, 0.5) is 0 Å². The predicted molar refractivity (Wildman–Crippen MR) is 88.7 cm³/mol. The Morgan fingerprint density at radius 2 is 2.13 bits per heavy atom. The molecule has 3 rings (SSSR count). The van der Waals surface area contributed by atoms with E-state index in [4.69, 9.17) is 9.15 Å². The minimum atomic E-state index is -0.314. The second kappa shape index (κ2) is 7.29. The van der Waals surface area contributed by atoms with Crippen molar-refractivity contribution in [1.29, 1.82) is 0 Å². The van der Waals surface area contributed by atoms with Crippen molar-refractivity contribution in [3.8, 4) is 0 Å². The maximum Gasteiger partial charge on any atom is 0.331 e. The molecule has 2 heterocycles. The average molecular weight is 311 g/mol. The van der Waals surface area contributed by atoms with Crippen LogP contribution in [0.5, 0.6) is 0 Å². The van der Waals surface area contributed by atoms with Gasteiger partial charge in [0.05, 0.1) is 0 Å². The largest absolute Gasteiger partial charge is 0.462 e. The highest BCUT2D eigenvalue weighted by molar-refractivity contribution is 5.86. The second-order valence-corrected chi connectivity index (χ2v) is 5.85. The van der Waals surface area contributed by atoms with Crippen molar-refractivity contribution >= 4 is 12.0 Å². The molecule has 1 aromatic carbocycles. The van der Waals surface area contributed by atoms with Gasteiger partial charge in [0.15, 0.2) is 0 Å². The Hall–Kier alpha value is -2.33. The number of benzene rings is 1. The minimum Gasteiger partial charge on any atom is -0.462 e. The smallest absolute Gasteiger partial charge is 0.331 e. The molecular formula is C19H21NO3. The van der Waals surface area contributed by atoms with Gasteiger partial charge in [0.2, 0.25) is 0 Å². The van der Waals surface area contributed by atoms with Gasteiger partial charge in [0, 0.05) is 25.7 Å². The lowest BCUT2D eigenvalue weighted by Crippen LogP contribution is -2.24. The number of carbonyl (C=O) groups is 1. The summed E-state index contributed by atoms with van der Waals surface area (Å²) in [6.45, 7) is 4.51. The Morgan fingerprint density at radius 3 is 2.87 bits per heavy atom. The van der Waals surface area contributed by atoms with E-state index in [0.29, 0.717) is 5.76 Å². The molecule has 0 aliphatic carbocycles. The number of esters is 1. The van der Waals surface area contributed by atoms with Crippen LogP contribution in [0.3, 0.4) is 0 Å². The van der Waals surface area contributed by atoms with Crippen molar-refractivity contribution in [1.82, 2.24) is 4.90 Å². The number of rotatable bonds is 5.